The van der Waals surface area contributed by atoms with Gasteiger partial charge in [-0.1, -0.05) is 64.9 Å². The Morgan fingerprint density at radius 3 is 2.05 bits per heavy atom. The van der Waals surface area contributed by atoms with Gasteiger partial charge in [-0.2, -0.15) is 0 Å². The highest BCUT2D eigenvalue weighted by atomic mass is 35.5. The molecule has 0 fully saturated rings. The molecule has 0 aromatic heterocycles. The summed E-state index contributed by atoms with van der Waals surface area (Å²) >= 11 is 16.0. The van der Waals surface area contributed by atoms with E-state index in [1.54, 1.807) is 11.8 Å². The van der Waals surface area contributed by atoms with Crippen molar-refractivity contribution in [1.82, 2.24) is 0 Å². The lowest BCUT2D eigenvalue weighted by atomic mass is 10.1. The average Bonchev–Trinajstić information content (AvgIpc) is 2.47. The molecule has 3 aromatic rings. The van der Waals surface area contributed by atoms with Gasteiger partial charge >= 0.3 is 0 Å². The Hall–Kier alpha value is -0.800. The standard InChI is InChI=1S/C16H8Cl2S2/c17-11-6-5-9-7-14-15(8-10(9)16(11)18)20-13-4-2-1-3-12(13)19-14/h1-8H. The van der Waals surface area contributed by atoms with E-state index in [4.69, 9.17) is 23.2 Å². The van der Waals surface area contributed by atoms with Crippen LogP contribution in [0.25, 0.3) is 10.8 Å². The number of hydrogen-bond donors (Lipinski definition) is 0. The van der Waals surface area contributed by atoms with E-state index in [-0.39, 0.29) is 0 Å². The van der Waals surface area contributed by atoms with Crippen LogP contribution in [-0.2, 0) is 0 Å². The molecule has 0 aliphatic carbocycles. The number of benzene rings is 3. The Morgan fingerprint density at radius 2 is 1.35 bits per heavy atom. The first-order chi connectivity index (χ1) is 9.72. The first-order valence-electron chi connectivity index (χ1n) is 6.09. The van der Waals surface area contributed by atoms with Gasteiger partial charge in [0.1, 0.15) is 0 Å². The smallest absolute Gasteiger partial charge is 0.0671 e. The number of halogens is 2. The van der Waals surface area contributed by atoms with Gasteiger partial charge in [-0.25, -0.2) is 0 Å². The molecule has 0 atom stereocenters. The number of fused-ring (bicyclic) bond motifs is 3. The molecule has 4 heteroatoms. The molecule has 20 heavy (non-hydrogen) atoms. The molecule has 0 N–H and O–H groups in total. The quantitative estimate of drug-likeness (QED) is 0.348. The summed E-state index contributed by atoms with van der Waals surface area (Å²) in [6, 6.07) is 16.7. The van der Waals surface area contributed by atoms with Gasteiger partial charge in [0.25, 0.3) is 0 Å². The zero-order valence-corrected chi connectivity index (χ0v) is 13.3. The molecule has 98 valence electrons. The van der Waals surface area contributed by atoms with E-state index in [1.807, 2.05) is 23.9 Å². The van der Waals surface area contributed by atoms with E-state index in [0.717, 1.165) is 10.8 Å². The van der Waals surface area contributed by atoms with Crippen molar-refractivity contribution >= 4 is 57.5 Å². The maximum atomic E-state index is 6.32. The Balaban J connectivity index is 1.94. The van der Waals surface area contributed by atoms with E-state index < -0.39 is 0 Å². The minimum Gasteiger partial charge on any atom is -0.0877 e. The third-order valence-corrected chi connectivity index (χ3v) is 6.60. The van der Waals surface area contributed by atoms with E-state index in [0.29, 0.717) is 10.0 Å². The SMILES string of the molecule is Clc1ccc2cc3c(cc2c1Cl)Sc1ccccc1S3. The monoisotopic (exact) mass is 334 g/mol. The fourth-order valence-electron chi connectivity index (χ4n) is 2.28. The van der Waals surface area contributed by atoms with Gasteiger partial charge in [-0.15, -0.1) is 0 Å². The van der Waals surface area contributed by atoms with Gasteiger partial charge < -0.3 is 0 Å². The predicted molar refractivity (Wildman–Crippen MR) is 88.7 cm³/mol. The second kappa shape index (κ2) is 4.88. The van der Waals surface area contributed by atoms with Crippen LogP contribution in [0.3, 0.4) is 0 Å². The second-order valence-corrected chi connectivity index (χ2v) is 7.49. The van der Waals surface area contributed by atoms with E-state index >= 15 is 0 Å². The van der Waals surface area contributed by atoms with Gasteiger partial charge in [0, 0.05) is 25.0 Å². The van der Waals surface area contributed by atoms with Crippen LogP contribution >= 0.6 is 46.7 Å². The predicted octanol–water partition coefficient (Wildman–Crippen LogP) is 6.76. The first kappa shape index (κ1) is 12.9. The van der Waals surface area contributed by atoms with Crippen LogP contribution in [0.5, 0.6) is 0 Å². The lowest BCUT2D eigenvalue weighted by molar-refractivity contribution is 1.17. The van der Waals surface area contributed by atoms with Gasteiger partial charge in [0.05, 0.1) is 10.0 Å². The Kier molecular flexibility index (Phi) is 3.15. The molecule has 0 amide bonds. The molecular weight excluding hydrogens is 327 g/mol. The van der Waals surface area contributed by atoms with Crippen molar-refractivity contribution in [3.8, 4) is 0 Å². The molecule has 0 saturated heterocycles. The highest BCUT2D eigenvalue weighted by Gasteiger charge is 2.18. The van der Waals surface area contributed by atoms with Gasteiger partial charge in [0.2, 0.25) is 0 Å². The van der Waals surface area contributed by atoms with Crippen LogP contribution in [0.1, 0.15) is 0 Å². The topological polar surface area (TPSA) is 0 Å². The molecular formula is C16H8Cl2S2. The maximum Gasteiger partial charge on any atom is 0.0671 e. The van der Waals surface area contributed by atoms with E-state index in [9.17, 15) is 0 Å². The van der Waals surface area contributed by atoms with E-state index in [1.165, 1.54) is 19.6 Å². The number of hydrogen-bond acceptors (Lipinski definition) is 2. The van der Waals surface area contributed by atoms with Gasteiger partial charge in [-0.05, 0) is 35.7 Å². The maximum absolute atomic E-state index is 6.32. The largest absolute Gasteiger partial charge is 0.0877 e. The lowest BCUT2D eigenvalue weighted by Crippen LogP contribution is -1.90. The summed E-state index contributed by atoms with van der Waals surface area (Å²) in [6.07, 6.45) is 0. The van der Waals surface area contributed by atoms with Crippen LogP contribution in [0.2, 0.25) is 10.0 Å². The van der Waals surface area contributed by atoms with Crippen molar-refractivity contribution in [2.45, 2.75) is 19.6 Å². The van der Waals surface area contributed by atoms with E-state index in [2.05, 4.69) is 36.4 Å². The van der Waals surface area contributed by atoms with Crippen molar-refractivity contribution < 1.29 is 0 Å². The van der Waals surface area contributed by atoms with Crippen molar-refractivity contribution in [1.29, 1.82) is 0 Å². The summed E-state index contributed by atoms with van der Waals surface area (Å²) in [7, 11) is 0. The minimum atomic E-state index is 0.605. The summed E-state index contributed by atoms with van der Waals surface area (Å²) in [5.41, 5.74) is 0. The molecule has 1 aliphatic heterocycles. The van der Waals surface area contributed by atoms with Crippen molar-refractivity contribution in [3.63, 3.8) is 0 Å². The van der Waals surface area contributed by atoms with Gasteiger partial charge in [0.15, 0.2) is 0 Å². The molecule has 0 saturated carbocycles. The number of rotatable bonds is 0. The highest BCUT2D eigenvalue weighted by molar-refractivity contribution is 8.05. The van der Waals surface area contributed by atoms with Crippen molar-refractivity contribution in [3.05, 3.63) is 58.6 Å². The van der Waals surface area contributed by atoms with Crippen LogP contribution < -0.4 is 0 Å². The Morgan fingerprint density at radius 1 is 0.700 bits per heavy atom. The molecule has 1 heterocycles. The summed E-state index contributed by atoms with van der Waals surface area (Å²) < 4.78 is 0. The molecule has 1 aliphatic rings. The van der Waals surface area contributed by atoms with Gasteiger partial charge in [-0.3, -0.25) is 0 Å². The zero-order valence-electron chi connectivity index (χ0n) is 10.2. The minimum absolute atomic E-state index is 0.605. The summed E-state index contributed by atoms with van der Waals surface area (Å²) in [5.74, 6) is 0. The molecule has 4 rings (SSSR count). The lowest BCUT2D eigenvalue weighted by Gasteiger charge is -2.19. The van der Waals surface area contributed by atoms with Crippen LogP contribution in [0, 0.1) is 0 Å². The van der Waals surface area contributed by atoms with Crippen LogP contribution in [0.4, 0.5) is 0 Å². The fraction of sp³-hybridized carbons (Fsp3) is 0. The third-order valence-electron chi connectivity index (χ3n) is 3.26. The van der Waals surface area contributed by atoms with Crippen molar-refractivity contribution in [2.24, 2.45) is 0 Å². The average molecular weight is 335 g/mol. The summed E-state index contributed by atoms with van der Waals surface area (Å²) in [5, 5.41) is 3.39. The second-order valence-electron chi connectivity index (χ2n) is 4.53. The first-order valence-corrected chi connectivity index (χ1v) is 8.48. The third kappa shape index (κ3) is 2.03. The molecule has 0 radical (unpaired) electrons. The summed E-state index contributed by atoms with van der Waals surface area (Å²) in [6.45, 7) is 0. The van der Waals surface area contributed by atoms with Crippen LogP contribution in [0.15, 0.2) is 68.1 Å². The normalized spacial score (nSPS) is 13.1. The molecule has 3 aromatic carbocycles. The summed E-state index contributed by atoms with van der Waals surface area (Å²) in [4.78, 5) is 5.12. The molecule has 0 spiro atoms. The Labute approximate surface area is 135 Å². The molecule has 0 nitrogen and oxygen atoms in total. The fourth-order valence-corrected chi connectivity index (χ4v) is 4.96. The zero-order chi connectivity index (χ0) is 13.7. The molecule has 0 bridgehead atoms. The highest BCUT2D eigenvalue weighted by Crippen LogP contribution is 2.50. The molecule has 0 unspecified atom stereocenters. The van der Waals surface area contributed by atoms with Crippen molar-refractivity contribution in [2.75, 3.05) is 0 Å². The Bertz CT molecular complexity index is 843. The van der Waals surface area contributed by atoms with Crippen LogP contribution in [-0.4, -0.2) is 0 Å².